The molecular weight excluding hydrogens is 200 g/mol. The molecule has 14 heavy (non-hydrogen) atoms. The molecule has 3 heteroatoms. The van der Waals surface area contributed by atoms with Crippen LogP contribution in [0.25, 0.3) is 0 Å². The number of carbonyl (C=O) groups is 1. The van der Waals surface area contributed by atoms with Crippen LogP contribution in [0.4, 0.5) is 0 Å². The Labute approximate surface area is 93.8 Å². The highest BCUT2D eigenvalue weighted by molar-refractivity contribution is 5.85. The fraction of sp³-hybridized carbons (Fsp3) is 0.909. The van der Waals surface area contributed by atoms with Crippen LogP contribution >= 0.6 is 12.4 Å². The fourth-order valence-corrected chi connectivity index (χ4v) is 1.17. The molecule has 0 N–H and O–H groups in total. The number of unbranched alkanes of at least 4 members (excludes halogenated alkanes) is 2. The lowest BCUT2D eigenvalue weighted by atomic mass is 10.0. The second-order valence-corrected chi connectivity index (χ2v) is 3.88. The van der Waals surface area contributed by atoms with Crippen molar-refractivity contribution >= 4 is 18.4 Å². The molecule has 0 radical (unpaired) electrons. The molecule has 0 aliphatic carbocycles. The molecule has 2 nitrogen and oxygen atoms in total. The van der Waals surface area contributed by atoms with Crippen molar-refractivity contribution in [3.8, 4) is 0 Å². The molecule has 0 bridgehead atoms. The molecule has 0 aromatic rings. The predicted octanol–water partition coefficient (Wildman–Crippen LogP) is 3.58. The summed E-state index contributed by atoms with van der Waals surface area (Å²) in [7, 11) is 0. The average Bonchev–Trinajstić information content (AvgIpc) is 2.03. The van der Waals surface area contributed by atoms with E-state index in [1.165, 1.54) is 12.8 Å². The second-order valence-electron chi connectivity index (χ2n) is 3.88. The van der Waals surface area contributed by atoms with E-state index in [1.54, 1.807) is 0 Å². The zero-order valence-corrected chi connectivity index (χ0v) is 10.5. The molecule has 0 aromatic carbocycles. The third-order valence-electron chi connectivity index (χ3n) is 1.99. The van der Waals surface area contributed by atoms with Crippen LogP contribution in [0, 0.1) is 5.92 Å². The highest BCUT2D eigenvalue weighted by atomic mass is 35.5. The molecular formula is C11H23ClO2. The molecule has 0 aliphatic heterocycles. The highest BCUT2D eigenvalue weighted by Crippen LogP contribution is 2.11. The number of carbonyl (C=O) groups excluding carboxylic acids is 1. The molecule has 1 atom stereocenters. The van der Waals surface area contributed by atoms with E-state index < -0.39 is 0 Å². The largest absolute Gasteiger partial charge is 0.463 e. The second kappa shape index (κ2) is 9.32. The van der Waals surface area contributed by atoms with Gasteiger partial charge in [-0.3, -0.25) is 4.79 Å². The molecule has 1 unspecified atom stereocenters. The number of ether oxygens (including phenoxy) is 1. The van der Waals surface area contributed by atoms with Gasteiger partial charge in [-0.2, -0.15) is 0 Å². The zero-order valence-electron chi connectivity index (χ0n) is 9.71. The molecule has 0 saturated carbocycles. The van der Waals surface area contributed by atoms with Crippen LogP contribution < -0.4 is 0 Å². The monoisotopic (exact) mass is 222 g/mol. The summed E-state index contributed by atoms with van der Waals surface area (Å²) in [6.45, 7) is 7.88. The lowest BCUT2D eigenvalue weighted by Gasteiger charge is -2.13. The third-order valence-corrected chi connectivity index (χ3v) is 1.99. The first-order chi connectivity index (χ1) is 6.07. The van der Waals surface area contributed by atoms with Gasteiger partial charge in [0.1, 0.15) is 0 Å². The van der Waals surface area contributed by atoms with Gasteiger partial charge in [-0.05, 0) is 20.3 Å². The Morgan fingerprint density at radius 1 is 1.21 bits per heavy atom. The lowest BCUT2D eigenvalue weighted by molar-refractivity contribution is -0.152. The van der Waals surface area contributed by atoms with E-state index in [2.05, 4.69) is 6.92 Å². The Kier molecular flexibility index (Phi) is 10.8. The van der Waals surface area contributed by atoms with Gasteiger partial charge in [-0.15, -0.1) is 12.4 Å². The molecule has 0 fully saturated rings. The fourth-order valence-electron chi connectivity index (χ4n) is 1.17. The molecule has 0 heterocycles. The highest BCUT2D eigenvalue weighted by Gasteiger charge is 2.14. The van der Waals surface area contributed by atoms with Crippen molar-refractivity contribution < 1.29 is 9.53 Å². The van der Waals surface area contributed by atoms with Crippen molar-refractivity contribution in [2.24, 2.45) is 5.92 Å². The summed E-state index contributed by atoms with van der Waals surface area (Å²) < 4.78 is 5.10. The zero-order chi connectivity index (χ0) is 10.3. The van der Waals surface area contributed by atoms with Crippen LogP contribution in [-0.2, 0) is 9.53 Å². The average molecular weight is 223 g/mol. The van der Waals surface area contributed by atoms with Crippen molar-refractivity contribution in [1.82, 2.24) is 0 Å². The van der Waals surface area contributed by atoms with Crippen molar-refractivity contribution in [3.05, 3.63) is 0 Å². The normalized spacial score (nSPS) is 12.1. The first-order valence-corrected chi connectivity index (χ1v) is 5.28. The lowest BCUT2D eigenvalue weighted by Crippen LogP contribution is -2.18. The van der Waals surface area contributed by atoms with Gasteiger partial charge in [-0.25, -0.2) is 0 Å². The minimum absolute atomic E-state index is 0. The van der Waals surface area contributed by atoms with Gasteiger partial charge in [-0.1, -0.05) is 33.1 Å². The van der Waals surface area contributed by atoms with Gasteiger partial charge < -0.3 is 4.74 Å². The molecule has 0 aromatic heterocycles. The number of esters is 1. The van der Waals surface area contributed by atoms with E-state index in [9.17, 15) is 4.79 Å². The maximum absolute atomic E-state index is 11.3. The van der Waals surface area contributed by atoms with Crippen molar-refractivity contribution in [3.63, 3.8) is 0 Å². The van der Waals surface area contributed by atoms with Crippen LogP contribution in [0.15, 0.2) is 0 Å². The van der Waals surface area contributed by atoms with Gasteiger partial charge in [0.25, 0.3) is 0 Å². The molecule has 0 amide bonds. The van der Waals surface area contributed by atoms with E-state index in [1.807, 2.05) is 20.8 Å². The summed E-state index contributed by atoms with van der Waals surface area (Å²) in [6.07, 6.45) is 4.51. The van der Waals surface area contributed by atoms with Crippen LogP contribution in [0.1, 0.15) is 53.4 Å². The maximum atomic E-state index is 11.3. The van der Waals surface area contributed by atoms with Crippen LogP contribution in [0.2, 0.25) is 0 Å². The molecule has 0 rings (SSSR count). The van der Waals surface area contributed by atoms with Crippen LogP contribution in [-0.4, -0.2) is 12.1 Å². The Morgan fingerprint density at radius 2 is 1.79 bits per heavy atom. The van der Waals surface area contributed by atoms with E-state index in [4.69, 9.17) is 4.74 Å². The van der Waals surface area contributed by atoms with Crippen LogP contribution in [0.3, 0.4) is 0 Å². The van der Waals surface area contributed by atoms with E-state index in [0.29, 0.717) is 0 Å². The predicted molar refractivity (Wildman–Crippen MR) is 61.8 cm³/mol. The van der Waals surface area contributed by atoms with E-state index >= 15 is 0 Å². The Bertz CT molecular complexity index is 146. The van der Waals surface area contributed by atoms with Gasteiger partial charge in [0, 0.05) is 0 Å². The minimum atomic E-state index is -0.0499. The van der Waals surface area contributed by atoms with Crippen molar-refractivity contribution in [1.29, 1.82) is 0 Å². The molecule has 0 spiro atoms. The summed E-state index contributed by atoms with van der Waals surface area (Å²) in [5.41, 5.74) is 0. The van der Waals surface area contributed by atoms with E-state index in [-0.39, 0.29) is 30.4 Å². The third kappa shape index (κ3) is 8.36. The quantitative estimate of drug-likeness (QED) is 0.507. The molecule has 86 valence electrons. The van der Waals surface area contributed by atoms with Gasteiger partial charge in [0.15, 0.2) is 0 Å². The number of hydrogen-bond acceptors (Lipinski definition) is 2. The summed E-state index contributed by atoms with van der Waals surface area (Å²) in [6, 6.07) is 0. The van der Waals surface area contributed by atoms with Crippen molar-refractivity contribution in [2.75, 3.05) is 0 Å². The first-order valence-electron chi connectivity index (χ1n) is 5.28. The standard InChI is InChI=1S/C11H22O2.ClH/c1-5-6-7-8-10(4)11(12)13-9(2)3;/h9-10H,5-8H2,1-4H3;1H. The van der Waals surface area contributed by atoms with Gasteiger partial charge in [0.05, 0.1) is 12.0 Å². The van der Waals surface area contributed by atoms with Crippen LogP contribution in [0.5, 0.6) is 0 Å². The summed E-state index contributed by atoms with van der Waals surface area (Å²) in [5.74, 6) is 0.0139. The summed E-state index contributed by atoms with van der Waals surface area (Å²) in [4.78, 5) is 11.3. The Balaban J connectivity index is 0. The minimum Gasteiger partial charge on any atom is -0.463 e. The summed E-state index contributed by atoms with van der Waals surface area (Å²) >= 11 is 0. The molecule has 0 saturated heterocycles. The number of hydrogen-bond donors (Lipinski definition) is 0. The topological polar surface area (TPSA) is 26.3 Å². The van der Waals surface area contributed by atoms with Gasteiger partial charge >= 0.3 is 5.97 Å². The van der Waals surface area contributed by atoms with E-state index in [0.717, 1.165) is 12.8 Å². The smallest absolute Gasteiger partial charge is 0.308 e. The number of rotatable bonds is 6. The van der Waals surface area contributed by atoms with Gasteiger partial charge in [0.2, 0.25) is 0 Å². The Morgan fingerprint density at radius 3 is 2.21 bits per heavy atom. The SMILES string of the molecule is CCCCCC(C)C(=O)OC(C)C.Cl. The maximum Gasteiger partial charge on any atom is 0.308 e. The molecule has 0 aliphatic rings. The number of halogens is 1. The first kappa shape index (κ1) is 16.2. The Hall–Kier alpha value is -0.240. The summed E-state index contributed by atoms with van der Waals surface area (Å²) in [5, 5.41) is 0. The van der Waals surface area contributed by atoms with Crippen molar-refractivity contribution in [2.45, 2.75) is 59.5 Å².